The number of carboxylic acids is 1. The minimum absolute atomic E-state index is 0.0667. The van der Waals surface area contributed by atoms with Crippen molar-refractivity contribution in [2.24, 2.45) is 0 Å². The Morgan fingerprint density at radius 1 is 1.40 bits per heavy atom. The molecular weight excluding hydrogens is 258 g/mol. The summed E-state index contributed by atoms with van der Waals surface area (Å²) in [6, 6.07) is 4.79. The van der Waals surface area contributed by atoms with Crippen LogP contribution in [-0.2, 0) is 10.2 Å². The monoisotopic (exact) mass is 277 g/mol. The van der Waals surface area contributed by atoms with Gasteiger partial charge in [0, 0.05) is 11.0 Å². The molecule has 2 N–H and O–H groups in total. The zero-order valence-corrected chi connectivity index (χ0v) is 11.5. The zero-order valence-electron chi connectivity index (χ0n) is 11.5. The Morgan fingerprint density at radius 2 is 2.10 bits per heavy atom. The summed E-state index contributed by atoms with van der Waals surface area (Å²) in [5.74, 6) is 0.333. The fourth-order valence-electron chi connectivity index (χ4n) is 3.26. The van der Waals surface area contributed by atoms with Gasteiger partial charge in [-0.3, -0.25) is 9.69 Å². The van der Waals surface area contributed by atoms with Crippen LogP contribution < -0.4 is 4.74 Å². The number of aliphatic carboxylic acids is 1. The summed E-state index contributed by atoms with van der Waals surface area (Å²) < 4.78 is 5.74. The average Bonchev–Trinajstić information content (AvgIpc) is 2.77. The molecule has 2 heterocycles. The van der Waals surface area contributed by atoms with Gasteiger partial charge in [-0.15, -0.1) is 0 Å². The number of benzene rings is 1. The van der Waals surface area contributed by atoms with Gasteiger partial charge in [-0.05, 0) is 51.1 Å². The van der Waals surface area contributed by atoms with E-state index in [-0.39, 0.29) is 11.2 Å². The number of nitrogens with zero attached hydrogens (tertiary/aromatic N) is 1. The highest BCUT2D eigenvalue weighted by Gasteiger charge is 2.44. The van der Waals surface area contributed by atoms with Gasteiger partial charge < -0.3 is 14.9 Å². The first-order valence-electron chi connectivity index (χ1n) is 6.95. The van der Waals surface area contributed by atoms with E-state index in [1.165, 1.54) is 0 Å². The van der Waals surface area contributed by atoms with Gasteiger partial charge in [0.25, 0.3) is 0 Å². The number of fused-ring (bicyclic) bond motifs is 2. The van der Waals surface area contributed by atoms with Gasteiger partial charge in [0.05, 0.1) is 6.61 Å². The maximum atomic E-state index is 11.1. The molecule has 2 aliphatic rings. The molecule has 0 aromatic heterocycles. The number of hydrogen-bond acceptors (Lipinski definition) is 4. The summed E-state index contributed by atoms with van der Waals surface area (Å²) >= 11 is 0. The van der Waals surface area contributed by atoms with Gasteiger partial charge in [0.15, 0.2) is 0 Å². The lowest BCUT2D eigenvalue weighted by atomic mass is 9.74. The average molecular weight is 277 g/mol. The van der Waals surface area contributed by atoms with Crippen molar-refractivity contribution < 1.29 is 19.7 Å². The maximum Gasteiger partial charge on any atom is 0.320 e. The second kappa shape index (κ2) is 4.66. The molecule has 5 heteroatoms. The highest BCUT2D eigenvalue weighted by atomic mass is 16.5. The second-order valence-corrected chi connectivity index (χ2v) is 5.80. The van der Waals surface area contributed by atoms with Crippen LogP contribution in [0.3, 0.4) is 0 Å². The van der Waals surface area contributed by atoms with E-state index in [0.29, 0.717) is 6.61 Å². The normalized spacial score (nSPS) is 22.2. The number of carbonyl (C=O) groups is 1. The summed E-state index contributed by atoms with van der Waals surface area (Å²) in [7, 11) is 0. The van der Waals surface area contributed by atoms with E-state index < -0.39 is 12.0 Å². The Balaban J connectivity index is 1.79. The highest BCUT2D eigenvalue weighted by molar-refractivity contribution is 5.72. The van der Waals surface area contributed by atoms with E-state index in [9.17, 15) is 9.90 Å². The molecule has 0 radical (unpaired) electrons. The second-order valence-electron chi connectivity index (χ2n) is 5.80. The molecule has 0 aliphatic carbocycles. The molecule has 1 saturated heterocycles. The van der Waals surface area contributed by atoms with Crippen LogP contribution in [0.15, 0.2) is 18.2 Å². The molecule has 3 rings (SSSR count). The fourth-order valence-corrected chi connectivity index (χ4v) is 3.26. The molecule has 1 atom stereocenters. The number of carboxylic acid groups (broad SMARTS) is 1. The molecule has 0 amide bonds. The first-order chi connectivity index (χ1) is 9.52. The molecule has 1 fully saturated rings. The van der Waals surface area contributed by atoms with Crippen molar-refractivity contribution in [2.75, 3.05) is 19.7 Å². The van der Waals surface area contributed by atoms with Crippen molar-refractivity contribution in [1.82, 2.24) is 4.90 Å². The smallest absolute Gasteiger partial charge is 0.320 e. The number of phenolic OH excluding ortho intramolecular Hbond substituents is 1. The Morgan fingerprint density at radius 3 is 2.75 bits per heavy atom. The first kappa shape index (κ1) is 13.2. The molecule has 5 nitrogen and oxygen atoms in total. The van der Waals surface area contributed by atoms with E-state index in [1.807, 2.05) is 11.0 Å². The predicted octanol–water partition coefficient (Wildman–Crippen LogP) is 1.59. The van der Waals surface area contributed by atoms with E-state index in [4.69, 9.17) is 9.84 Å². The number of rotatable bonds is 2. The van der Waals surface area contributed by atoms with E-state index in [0.717, 1.165) is 37.2 Å². The highest BCUT2D eigenvalue weighted by Crippen LogP contribution is 2.46. The van der Waals surface area contributed by atoms with Crippen molar-refractivity contribution in [3.63, 3.8) is 0 Å². The van der Waals surface area contributed by atoms with Crippen LogP contribution in [0.4, 0.5) is 0 Å². The third-order valence-corrected chi connectivity index (χ3v) is 4.70. The number of aromatic hydroxyl groups is 1. The van der Waals surface area contributed by atoms with Crippen molar-refractivity contribution in [2.45, 2.75) is 31.2 Å². The number of piperidine rings is 1. The van der Waals surface area contributed by atoms with E-state index in [1.54, 1.807) is 19.1 Å². The molecule has 0 saturated carbocycles. The standard InChI is InChI=1S/C15H19NO4/c1-10(14(18)19)16-6-4-15(5-7-16)9-20-13-3-2-11(17)8-12(13)15/h2-3,8,10,17H,4-7,9H2,1H3,(H,18,19). The van der Waals surface area contributed by atoms with Crippen LogP contribution in [0.2, 0.25) is 0 Å². The van der Waals surface area contributed by atoms with Crippen LogP contribution in [0.1, 0.15) is 25.3 Å². The summed E-state index contributed by atoms with van der Waals surface area (Å²) in [6.45, 7) is 3.84. The number of ether oxygens (including phenoxy) is 1. The first-order valence-corrected chi connectivity index (χ1v) is 6.95. The topological polar surface area (TPSA) is 70.0 Å². The van der Waals surface area contributed by atoms with Crippen molar-refractivity contribution in [3.05, 3.63) is 23.8 Å². The van der Waals surface area contributed by atoms with Crippen molar-refractivity contribution in [3.8, 4) is 11.5 Å². The minimum Gasteiger partial charge on any atom is -0.508 e. The fraction of sp³-hybridized carbons (Fsp3) is 0.533. The molecule has 1 unspecified atom stereocenters. The summed E-state index contributed by atoms with van der Waals surface area (Å²) in [4.78, 5) is 13.0. The molecule has 108 valence electrons. The van der Waals surface area contributed by atoms with Gasteiger partial charge in [-0.2, -0.15) is 0 Å². The third kappa shape index (κ3) is 2.02. The molecule has 2 aliphatic heterocycles. The molecule has 0 bridgehead atoms. The summed E-state index contributed by atoms with van der Waals surface area (Å²) in [5.41, 5.74) is 1.00. The lowest BCUT2D eigenvalue weighted by molar-refractivity contribution is -0.143. The van der Waals surface area contributed by atoms with E-state index >= 15 is 0 Å². The molecule has 1 aromatic carbocycles. The SMILES string of the molecule is CC(C(=O)O)N1CCC2(CC1)COc1ccc(O)cc12. The Labute approximate surface area is 117 Å². The molecule has 1 spiro atoms. The Bertz CT molecular complexity index is 535. The van der Waals surface area contributed by atoms with Crippen molar-refractivity contribution >= 4 is 5.97 Å². The number of phenols is 1. The zero-order chi connectivity index (χ0) is 14.3. The van der Waals surface area contributed by atoms with Gasteiger partial charge in [0.2, 0.25) is 0 Å². The van der Waals surface area contributed by atoms with Crippen LogP contribution in [0, 0.1) is 0 Å². The Hall–Kier alpha value is -1.75. The lowest BCUT2D eigenvalue weighted by Gasteiger charge is -2.40. The lowest BCUT2D eigenvalue weighted by Crippen LogP contribution is -2.49. The summed E-state index contributed by atoms with van der Waals surface area (Å²) in [6.07, 6.45) is 1.72. The molecular formula is C15H19NO4. The van der Waals surface area contributed by atoms with Gasteiger partial charge in [-0.1, -0.05) is 0 Å². The van der Waals surface area contributed by atoms with Gasteiger partial charge >= 0.3 is 5.97 Å². The maximum absolute atomic E-state index is 11.1. The molecule has 20 heavy (non-hydrogen) atoms. The molecule has 1 aromatic rings. The number of likely N-dealkylation sites (tertiary alicyclic amines) is 1. The van der Waals surface area contributed by atoms with Crippen LogP contribution >= 0.6 is 0 Å². The van der Waals surface area contributed by atoms with Crippen LogP contribution in [-0.4, -0.2) is 46.8 Å². The van der Waals surface area contributed by atoms with Crippen LogP contribution in [0.5, 0.6) is 11.5 Å². The number of hydrogen-bond donors (Lipinski definition) is 2. The van der Waals surface area contributed by atoms with Gasteiger partial charge in [0.1, 0.15) is 17.5 Å². The summed E-state index contributed by atoms with van der Waals surface area (Å²) in [5, 5.41) is 18.8. The van der Waals surface area contributed by atoms with Crippen molar-refractivity contribution in [1.29, 1.82) is 0 Å². The predicted molar refractivity (Wildman–Crippen MR) is 73.2 cm³/mol. The quantitative estimate of drug-likeness (QED) is 0.859. The third-order valence-electron chi connectivity index (χ3n) is 4.70. The Kier molecular flexibility index (Phi) is 3.09. The van der Waals surface area contributed by atoms with Gasteiger partial charge in [-0.25, -0.2) is 0 Å². The van der Waals surface area contributed by atoms with Crippen LogP contribution in [0.25, 0.3) is 0 Å². The minimum atomic E-state index is -0.776. The largest absolute Gasteiger partial charge is 0.508 e. The van der Waals surface area contributed by atoms with E-state index in [2.05, 4.69) is 0 Å².